The number of rotatable bonds is 6. The van der Waals surface area contributed by atoms with E-state index in [1.54, 1.807) is 20.4 Å². The minimum absolute atomic E-state index is 0. The predicted molar refractivity (Wildman–Crippen MR) is 105 cm³/mol. The number of hydrogen-bond donors (Lipinski definition) is 2. The molecule has 2 rings (SSSR count). The number of ether oxygens (including phenoxy) is 1. The molecule has 1 unspecified atom stereocenters. The number of aromatic nitrogens is 1. The Balaban J connectivity index is 0.00000264. The molecular weight excluding hydrogens is 405 g/mol. The van der Waals surface area contributed by atoms with E-state index >= 15 is 0 Å². The van der Waals surface area contributed by atoms with Gasteiger partial charge in [-0.05, 0) is 32.0 Å². The molecule has 0 spiro atoms. The maximum absolute atomic E-state index is 5.26. The molecule has 0 aliphatic carbocycles. The first-order valence-electron chi connectivity index (χ1n) is 7.95. The summed E-state index contributed by atoms with van der Waals surface area (Å²) in [6.07, 6.45) is 4.28. The lowest BCUT2D eigenvalue weighted by molar-refractivity contribution is 0.267. The zero-order valence-electron chi connectivity index (χ0n) is 14.2. The molecule has 1 atom stereocenters. The van der Waals surface area contributed by atoms with Gasteiger partial charge in [0.1, 0.15) is 0 Å². The quantitative estimate of drug-likeness (QED) is 0.408. The van der Waals surface area contributed by atoms with Crippen molar-refractivity contribution in [2.24, 2.45) is 4.99 Å². The molecule has 0 saturated carbocycles. The number of methoxy groups -OCH3 is 1. The van der Waals surface area contributed by atoms with E-state index < -0.39 is 0 Å². The van der Waals surface area contributed by atoms with Gasteiger partial charge in [0.25, 0.3) is 0 Å². The van der Waals surface area contributed by atoms with Crippen LogP contribution in [0.15, 0.2) is 23.3 Å². The van der Waals surface area contributed by atoms with Crippen molar-refractivity contribution in [2.45, 2.75) is 32.4 Å². The van der Waals surface area contributed by atoms with Gasteiger partial charge in [-0.25, -0.2) is 4.98 Å². The van der Waals surface area contributed by atoms with Gasteiger partial charge in [-0.15, -0.1) is 24.0 Å². The number of likely N-dealkylation sites (tertiary alicyclic amines) is 1. The summed E-state index contributed by atoms with van der Waals surface area (Å²) in [4.78, 5) is 11.0. The topological polar surface area (TPSA) is 61.8 Å². The fraction of sp³-hybridized carbons (Fsp3) is 0.625. The molecule has 1 aliphatic heterocycles. The third kappa shape index (κ3) is 5.80. The van der Waals surface area contributed by atoms with Crippen molar-refractivity contribution in [3.8, 4) is 5.88 Å². The Morgan fingerprint density at radius 3 is 3.00 bits per heavy atom. The van der Waals surface area contributed by atoms with Gasteiger partial charge in [0.05, 0.1) is 7.11 Å². The van der Waals surface area contributed by atoms with Gasteiger partial charge >= 0.3 is 0 Å². The van der Waals surface area contributed by atoms with E-state index in [1.807, 2.05) is 12.1 Å². The van der Waals surface area contributed by atoms with Crippen LogP contribution in [0, 0.1) is 0 Å². The largest absolute Gasteiger partial charge is 0.481 e. The highest BCUT2D eigenvalue weighted by Crippen LogP contribution is 2.15. The fourth-order valence-corrected chi connectivity index (χ4v) is 2.90. The molecule has 1 aliphatic rings. The first-order valence-corrected chi connectivity index (χ1v) is 7.95. The molecular formula is C16H28IN5O. The van der Waals surface area contributed by atoms with Crippen LogP contribution in [-0.4, -0.2) is 55.7 Å². The smallest absolute Gasteiger partial charge is 0.218 e. The van der Waals surface area contributed by atoms with E-state index in [9.17, 15) is 0 Å². The van der Waals surface area contributed by atoms with Gasteiger partial charge < -0.3 is 15.4 Å². The Hall–Kier alpha value is -1.09. The number of nitrogens with zero attached hydrogens (tertiary/aromatic N) is 3. The molecule has 1 aromatic rings. The molecule has 23 heavy (non-hydrogen) atoms. The highest BCUT2D eigenvalue weighted by atomic mass is 127. The Morgan fingerprint density at radius 1 is 1.48 bits per heavy atom. The van der Waals surface area contributed by atoms with Gasteiger partial charge in [-0.1, -0.05) is 13.0 Å². The van der Waals surface area contributed by atoms with Crippen molar-refractivity contribution in [1.82, 2.24) is 20.5 Å². The molecule has 2 N–H and O–H groups in total. The van der Waals surface area contributed by atoms with Crippen molar-refractivity contribution in [2.75, 3.05) is 33.8 Å². The molecule has 1 saturated heterocycles. The van der Waals surface area contributed by atoms with Crippen molar-refractivity contribution in [3.63, 3.8) is 0 Å². The van der Waals surface area contributed by atoms with Gasteiger partial charge in [-0.3, -0.25) is 9.89 Å². The lowest BCUT2D eigenvalue weighted by Gasteiger charge is -2.24. The zero-order valence-corrected chi connectivity index (χ0v) is 16.5. The minimum Gasteiger partial charge on any atom is -0.481 e. The first-order chi connectivity index (χ1) is 10.8. The van der Waals surface area contributed by atoms with Gasteiger partial charge in [0.2, 0.25) is 5.88 Å². The average Bonchev–Trinajstić information content (AvgIpc) is 3.03. The van der Waals surface area contributed by atoms with Crippen molar-refractivity contribution >= 4 is 29.9 Å². The van der Waals surface area contributed by atoms with Crippen LogP contribution in [0.4, 0.5) is 0 Å². The van der Waals surface area contributed by atoms with Crippen LogP contribution >= 0.6 is 24.0 Å². The number of hydrogen-bond acceptors (Lipinski definition) is 4. The number of likely N-dealkylation sites (N-methyl/N-ethyl adjacent to an activating group) is 1. The van der Waals surface area contributed by atoms with E-state index in [2.05, 4.69) is 32.4 Å². The second-order valence-corrected chi connectivity index (χ2v) is 5.40. The lowest BCUT2D eigenvalue weighted by Crippen LogP contribution is -2.44. The molecule has 1 fully saturated rings. The summed E-state index contributed by atoms with van der Waals surface area (Å²) in [5, 5.41) is 6.74. The second-order valence-electron chi connectivity index (χ2n) is 5.40. The van der Waals surface area contributed by atoms with Gasteiger partial charge in [-0.2, -0.15) is 0 Å². The Labute approximate surface area is 156 Å². The molecule has 7 heteroatoms. The lowest BCUT2D eigenvalue weighted by atomic mass is 10.2. The average molecular weight is 433 g/mol. The van der Waals surface area contributed by atoms with Gasteiger partial charge in [0, 0.05) is 37.9 Å². The standard InChI is InChI=1S/C16H27N5O.HI/c1-4-21-10-6-8-14(21)12-20-16(17-2)19-11-13-7-5-9-18-15(13)22-3;/h5,7,9,14H,4,6,8,10-12H2,1-3H3,(H2,17,19,20);1H. The SMILES string of the molecule is CCN1CCCC1CNC(=NC)NCc1cccnc1OC.I. The van der Waals surface area contributed by atoms with E-state index in [1.165, 1.54) is 19.4 Å². The normalized spacial score (nSPS) is 18.4. The summed E-state index contributed by atoms with van der Waals surface area (Å²) in [7, 11) is 3.43. The van der Waals surface area contributed by atoms with E-state index in [4.69, 9.17) is 4.74 Å². The molecule has 6 nitrogen and oxygen atoms in total. The maximum Gasteiger partial charge on any atom is 0.218 e. The molecule has 2 heterocycles. The summed E-state index contributed by atoms with van der Waals surface area (Å²) in [5.41, 5.74) is 1.02. The number of pyridine rings is 1. The zero-order chi connectivity index (χ0) is 15.8. The number of nitrogens with one attached hydrogen (secondary N) is 2. The third-order valence-corrected chi connectivity index (χ3v) is 4.12. The number of aliphatic imine (C=N–C) groups is 1. The highest BCUT2D eigenvalue weighted by Gasteiger charge is 2.22. The number of halogens is 1. The Morgan fingerprint density at radius 2 is 2.30 bits per heavy atom. The summed E-state index contributed by atoms with van der Waals surface area (Å²) < 4.78 is 5.26. The van der Waals surface area contributed by atoms with E-state index in [0.717, 1.165) is 24.6 Å². The van der Waals surface area contributed by atoms with Crippen LogP contribution in [0.3, 0.4) is 0 Å². The van der Waals surface area contributed by atoms with Crippen molar-refractivity contribution in [1.29, 1.82) is 0 Å². The molecule has 0 radical (unpaired) electrons. The predicted octanol–water partition coefficient (Wildman–Crippen LogP) is 1.86. The minimum atomic E-state index is 0. The summed E-state index contributed by atoms with van der Waals surface area (Å²) >= 11 is 0. The van der Waals surface area contributed by atoms with E-state index in [-0.39, 0.29) is 24.0 Å². The molecule has 0 amide bonds. The second kappa shape index (κ2) is 10.6. The monoisotopic (exact) mass is 433 g/mol. The molecule has 130 valence electrons. The third-order valence-electron chi connectivity index (χ3n) is 4.12. The van der Waals surface area contributed by atoms with Crippen LogP contribution in [0.25, 0.3) is 0 Å². The van der Waals surface area contributed by atoms with Crippen LogP contribution in [0.1, 0.15) is 25.3 Å². The summed E-state index contributed by atoms with van der Waals surface area (Å²) in [5.74, 6) is 1.47. The van der Waals surface area contributed by atoms with Crippen LogP contribution in [0.5, 0.6) is 5.88 Å². The first kappa shape index (κ1) is 20.0. The summed E-state index contributed by atoms with van der Waals surface area (Å²) in [6, 6.07) is 4.52. The maximum atomic E-state index is 5.26. The van der Waals surface area contributed by atoms with Crippen LogP contribution in [-0.2, 0) is 6.54 Å². The van der Waals surface area contributed by atoms with Crippen molar-refractivity contribution < 1.29 is 4.74 Å². The highest BCUT2D eigenvalue weighted by molar-refractivity contribution is 14.0. The van der Waals surface area contributed by atoms with Crippen LogP contribution < -0.4 is 15.4 Å². The Kier molecular flexibility index (Phi) is 9.23. The Bertz CT molecular complexity index is 497. The van der Waals surface area contributed by atoms with Crippen LogP contribution in [0.2, 0.25) is 0 Å². The van der Waals surface area contributed by atoms with E-state index in [0.29, 0.717) is 18.5 Å². The van der Waals surface area contributed by atoms with Crippen molar-refractivity contribution in [3.05, 3.63) is 23.9 Å². The fourth-order valence-electron chi connectivity index (χ4n) is 2.90. The van der Waals surface area contributed by atoms with Gasteiger partial charge in [0.15, 0.2) is 5.96 Å². The summed E-state index contributed by atoms with van der Waals surface area (Å²) in [6.45, 7) is 6.11. The number of guanidine groups is 1. The molecule has 0 aromatic carbocycles. The molecule has 1 aromatic heterocycles. The molecule has 0 bridgehead atoms.